The lowest BCUT2D eigenvalue weighted by molar-refractivity contribution is -0.110. The molecule has 8 heteroatoms. The second kappa shape index (κ2) is 11.9. The summed E-state index contributed by atoms with van der Waals surface area (Å²) in [7, 11) is -1.44. The molecule has 1 aliphatic heterocycles. The first-order valence-corrected chi connectivity index (χ1v) is 14.1. The number of nitrogens with zero attached hydrogens (tertiary/aromatic N) is 1. The average molecular weight is 520 g/mol. The van der Waals surface area contributed by atoms with E-state index in [-0.39, 0.29) is 19.1 Å². The predicted octanol–water partition coefficient (Wildman–Crippen LogP) is 5.96. The highest BCUT2D eigenvalue weighted by molar-refractivity contribution is 7.62. The number of nitrogens with one attached hydrogen (secondary N) is 2. The van der Waals surface area contributed by atoms with Gasteiger partial charge in [-0.15, -0.1) is 0 Å². The van der Waals surface area contributed by atoms with Crippen molar-refractivity contribution in [2.45, 2.75) is 27.3 Å². The average Bonchev–Trinajstić information content (AvgIpc) is 3.23. The summed E-state index contributed by atoms with van der Waals surface area (Å²) in [4.78, 5) is 15.5. The summed E-state index contributed by atoms with van der Waals surface area (Å²) in [5, 5.41) is 6.85. The molecule has 0 spiro atoms. The third kappa shape index (κ3) is 6.03. The predicted molar refractivity (Wildman–Crippen MR) is 151 cm³/mol. The van der Waals surface area contributed by atoms with Crippen molar-refractivity contribution in [2.75, 3.05) is 37.4 Å². The molecule has 0 saturated heterocycles. The van der Waals surface area contributed by atoms with Gasteiger partial charge in [-0.1, -0.05) is 49.4 Å². The van der Waals surface area contributed by atoms with E-state index in [9.17, 15) is 9.36 Å². The fourth-order valence-corrected chi connectivity index (χ4v) is 5.84. The van der Waals surface area contributed by atoms with Crippen LogP contribution in [0, 0.1) is 0 Å². The molecule has 7 nitrogen and oxygen atoms in total. The van der Waals surface area contributed by atoms with Gasteiger partial charge in [-0.3, -0.25) is 9.36 Å². The van der Waals surface area contributed by atoms with E-state index in [1.54, 1.807) is 32.0 Å². The van der Waals surface area contributed by atoms with Crippen LogP contribution in [0.3, 0.4) is 0 Å². The van der Waals surface area contributed by atoms with Crippen LogP contribution in [0.1, 0.15) is 37.5 Å². The molecule has 0 aromatic heterocycles. The van der Waals surface area contributed by atoms with E-state index >= 15 is 0 Å². The lowest BCUT2D eigenvalue weighted by Gasteiger charge is -2.19. The minimum atomic E-state index is -3.53. The molecule has 37 heavy (non-hydrogen) atoms. The molecule has 1 aliphatic rings. The summed E-state index contributed by atoms with van der Waals surface area (Å²) in [6, 6.07) is 23.1. The van der Waals surface area contributed by atoms with Crippen LogP contribution in [-0.2, 0) is 25.0 Å². The minimum absolute atomic E-state index is 0.234. The number of benzene rings is 3. The second-order valence-corrected chi connectivity index (χ2v) is 10.8. The van der Waals surface area contributed by atoms with Crippen molar-refractivity contribution >= 4 is 41.5 Å². The van der Waals surface area contributed by atoms with E-state index in [4.69, 9.17) is 9.05 Å². The summed E-state index contributed by atoms with van der Waals surface area (Å²) in [5.74, 6) is -0.234. The van der Waals surface area contributed by atoms with Gasteiger partial charge in [0.15, 0.2) is 0 Å². The number of hydrogen-bond acceptors (Lipinski definition) is 6. The summed E-state index contributed by atoms with van der Waals surface area (Å²) in [6.45, 7) is 8.01. The zero-order chi connectivity index (χ0) is 26.4. The normalized spacial score (nSPS) is 14.5. The number of amides is 1. The van der Waals surface area contributed by atoms with Crippen molar-refractivity contribution < 1.29 is 18.4 Å². The molecule has 0 saturated carbocycles. The van der Waals surface area contributed by atoms with E-state index in [1.165, 1.54) is 5.56 Å². The van der Waals surface area contributed by atoms with Crippen LogP contribution < -0.4 is 15.9 Å². The molecule has 0 atom stereocenters. The maximum atomic E-state index is 13.5. The van der Waals surface area contributed by atoms with Crippen molar-refractivity contribution in [3.05, 3.63) is 89.5 Å². The van der Waals surface area contributed by atoms with Crippen LogP contribution in [0.2, 0.25) is 0 Å². The Hall–Kier alpha value is -3.22. The highest BCUT2D eigenvalue weighted by Crippen LogP contribution is 2.48. The molecule has 2 N–H and O–H groups in total. The van der Waals surface area contributed by atoms with Crippen molar-refractivity contribution in [2.24, 2.45) is 0 Å². The van der Waals surface area contributed by atoms with E-state index in [0.717, 1.165) is 24.3 Å². The number of carbonyl (C=O) groups is 1. The first-order valence-electron chi connectivity index (χ1n) is 12.6. The Morgan fingerprint density at radius 1 is 0.946 bits per heavy atom. The lowest BCUT2D eigenvalue weighted by atomic mass is 10.00. The second-order valence-electron chi connectivity index (χ2n) is 8.79. The minimum Gasteiger partial charge on any atom is -0.354 e. The Labute approximate surface area is 219 Å². The molecule has 0 radical (unpaired) electrons. The fourth-order valence-electron chi connectivity index (χ4n) is 4.25. The quantitative estimate of drug-likeness (QED) is 0.240. The maximum absolute atomic E-state index is 13.5. The van der Waals surface area contributed by atoms with Gasteiger partial charge in [-0.2, -0.15) is 0 Å². The smallest absolute Gasteiger partial charge is 0.354 e. The molecular weight excluding hydrogens is 485 g/mol. The number of anilines is 2. The van der Waals surface area contributed by atoms with E-state index in [0.29, 0.717) is 27.8 Å². The molecule has 4 rings (SSSR count). The number of rotatable bonds is 11. The van der Waals surface area contributed by atoms with E-state index < -0.39 is 7.60 Å². The van der Waals surface area contributed by atoms with Crippen LogP contribution in [0.4, 0.5) is 11.4 Å². The molecule has 1 heterocycles. The Morgan fingerprint density at radius 2 is 1.62 bits per heavy atom. The Morgan fingerprint density at radius 3 is 2.24 bits per heavy atom. The highest BCUT2D eigenvalue weighted by Gasteiger charge is 2.33. The molecule has 0 fully saturated rings. The van der Waals surface area contributed by atoms with E-state index in [1.807, 2.05) is 42.5 Å². The zero-order valence-electron chi connectivity index (χ0n) is 21.8. The molecule has 0 unspecified atom stereocenters. The monoisotopic (exact) mass is 519 g/mol. The first kappa shape index (κ1) is 26.8. The van der Waals surface area contributed by atoms with Crippen LogP contribution in [0.15, 0.2) is 72.8 Å². The summed E-state index contributed by atoms with van der Waals surface area (Å²) < 4.78 is 24.6. The maximum Gasteiger partial charge on any atom is 0.361 e. The van der Waals surface area contributed by atoms with Gasteiger partial charge in [0.1, 0.15) is 0 Å². The van der Waals surface area contributed by atoms with Gasteiger partial charge in [-0.25, -0.2) is 0 Å². The Kier molecular flexibility index (Phi) is 8.62. The number of carbonyl (C=O) groups excluding carboxylic acids is 1. The first-order chi connectivity index (χ1) is 17.9. The van der Waals surface area contributed by atoms with Crippen LogP contribution in [0.5, 0.6) is 0 Å². The van der Waals surface area contributed by atoms with E-state index in [2.05, 4.69) is 41.6 Å². The fraction of sp³-hybridized carbons (Fsp3) is 0.276. The van der Waals surface area contributed by atoms with Crippen LogP contribution in [0.25, 0.3) is 11.3 Å². The van der Waals surface area contributed by atoms with Crippen molar-refractivity contribution in [3.8, 4) is 0 Å². The molecule has 3 aromatic rings. The topological polar surface area (TPSA) is 79.9 Å². The molecule has 0 aliphatic carbocycles. The lowest BCUT2D eigenvalue weighted by Crippen LogP contribution is -2.16. The Bertz CT molecular complexity index is 1310. The third-order valence-corrected chi connectivity index (χ3v) is 8.30. The molecule has 1 amide bonds. The van der Waals surface area contributed by atoms with Gasteiger partial charge < -0.3 is 24.6 Å². The third-order valence-electron chi connectivity index (χ3n) is 6.19. The molecule has 3 aromatic carbocycles. The highest BCUT2D eigenvalue weighted by atomic mass is 31.2. The van der Waals surface area contributed by atoms with Crippen molar-refractivity contribution in [1.29, 1.82) is 0 Å². The van der Waals surface area contributed by atoms with Gasteiger partial charge in [0.2, 0.25) is 0 Å². The Balaban J connectivity index is 1.80. The van der Waals surface area contributed by atoms with Crippen molar-refractivity contribution in [1.82, 2.24) is 4.90 Å². The molecule has 194 valence electrons. The van der Waals surface area contributed by atoms with Gasteiger partial charge in [0.05, 0.1) is 29.8 Å². The molecule has 0 bridgehead atoms. The van der Waals surface area contributed by atoms with Crippen molar-refractivity contribution in [3.63, 3.8) is 0 Å². The number of hydrogen-bond donors (Lipinski definition) is 2. The van der Waals surface area contributed by atoms with Gasteiger partial charge in [0, 0.05) is 23.5 Å². The van der Waals surface area contributed by atoms with Gasteiger partial charge in [-0.05, 0) is 68.9 Å². The SMILES string of the molecule is CCOP(=O)(OCC)c1ccc2c(c1)/C(=C(/Nc1ccc(CN(C)CC)cc1)c1ccccc1)C(=O)N2. The van der Waals surface area contributed by atoms with Gasteiger partial charge in [0.25, 0.3) is 5.91 Å². The zero-order valence-corrected chi connectivity index (χ0v) is 22.7. The standard InChI is InChI=1S/C29H34N3O4P/c1-5-32(4)20-21-13-15-23(16-14-21)30-28(22-11-9-8-10-12-22)27-25-19-24(17-18-26(25)31-29(27)33)37(34,35-6-2)36-7-3/h8-19,30H,5-7,20H2,1-4H3,(H,31,33)/b28-27-. The number of fused-ring (bicyclic) bond motifs is 1. The largest absolute Gasteiger partial charge is 0.361 e. The summed E-state index contributed by atoms with van der Waals surface area (Å²) in [5.41, 5.74) is 5.36. The summed E-state index contributed by atoms with van der Waals surface area (Å²) in [6.07, 6.45) is 0. The van der Waals surface area contributed by atoms with Crippen LogP contribution in [-0.4, -0.2) is 37.6 Å². The molecular formula is C29H34N3O4P. The van der Waals surface area contributed by atoms with Gasteiger partial charge >= 0.3 is 7.60 Å². The van der Waals surface area contributed by atoms with Crippen LogP contribution >= 0.6 is 7.60 Å². The summed E-state index contributed by atoms with van der Waals surface area (Å²) >= 11 is 0.